The van der Waals surface area contributed by atoms with Gasteiger partial charge in [0.1, 0.15) is 0 Å². The number of fused-ring (bicyclic) bond motifs is 1. The highest BCUT2D eigenvalue weighted by molar-refractivity contribution is 9.09. The van der Waals surface area contributed by atoms with Gasteiger partial charge >= 0.3 is 6.03 Å². The fourth-order valence-electron chi connectivity index (χ4n) is 3.40. The van der Waals surface area contributed by atoms with Crippen molar-refractivity contribution in [2.75, 3.05) is 19.6 Å². The second-order valence-electron chi connectivity index (χ2n) is 6.78. The summed E-state index contributed by atoms with van der Waals surface area (Å²) in [6, 6.07) is -0.598. The van der Waals surface area contributed by atoms with Gasteiger partial charge in [0, 0.05) is 32.0 Å². The molecule has 3 rings (SSSR count). The van der Waals surface area contributed by atoms with E-state index in [9.17, 15) is 19.2 Å². The Morgan fingerprint density at radius 3 is 2.63 bits per heavy atom. The third kappa shape index (κ3) is 4.35. The van der Waals surface area contributed by atoms with E-state index in [2.05, 4.69) is 20.9 Å². The lowest BCUT2D eigenvalue weighted by Gasteiger charge is -2.31. The molecular formula is C18H21BrN4O4. The smallest absolute Gasteiger partial charge is 0.351 e. The summed E-state index contributed by atoms with van der Waals surface area (Å²) in [5.41, 5.74) is 6.08. The molecule has 0 aromatic rings. The van der Waals surface area contributed by atoms with Crippen molar-refractivity contribution in [1.82, 2.24) is 9.80 Å². The van der Waals surface area contributed by atoms with Gasteiger partial charge in [0.15, 0.2) is 0 Å². The number of carbonyl (C=O) groups is 4. The van der Waals surface area contributed by atoms with Crippen LogP contribution in [0.3, 0.4) is 0 Å². The van der Waals surface area contributed by atoms with Gasteiger partial charge in [-0.1, -0.05) is 28.1 Å². The van der Waals surface area contributed by atoms with Crippen LogP contribution in [0.2, 0.25) is 0 Å². The van der Waals surface area contributed by atoms with Crippen molar-refractivity contribution in [1.29, 1.82) is 0 Å². The van der Waals surface area contributed by atoms with Crippen LogP contribution in [0.5, 0.6) is 0 Å². The zero-order valence-electron chi connectivity index (χ0n) is 14.8. The lowest BCUT2D eigenvalue weighted by atomic mass is 9.96. The molecule has 1 aliphatic carbocycles. The lowest BCUT2D eigenvalue weighted by molar-refractivity contribution is -0.135. The Balaban J connectivity index is 1.51. The van der Waals surface area contributed by atoms with Gasteiger partial charge in [0.2, 0.25) is 11.8 Å². The number of halogens is 1. The predicted molar refractivity (Wildman–Crippen MR) is 102 cm³/mol. The van der Waals surface area contributed by atoms with Crippen LogP contribution in [-0.2, 0) is 14.4 Å². The molecule has 0 saturated carbocycles. The molecule has 0 bridgehead atoms. The monoisotopic (exact) mass is 436 g/mol. The topological polar surface area (TPSA) is 113 Å². The van der Waals surface area contributed by atoms with E-state index in [-0.39, 0.29) is 41.4 Å². The van der Waals surface area contributed by atoms with Crippen molar-refractivity contribution in [3.8, 4) is 0 Å². The predicted octanol–water partition coefficient (Wildman–Crippen LogP) is 1.15. The Bertz CT molecular complexity index is 765. The fraction of sp³-hybridized carbons (Fsp3) is 0.500. The van der Waals surface area contributed by atoms with Gasteiger partial charge in [-0.3, -0.25) is 19.3 Å². The van der Waals surface area contributed by atoms with Gasteiger partial charge in [-0.25, -0.2) is 4.79 Å². The van der Waals surface area contributed by atoms with Crippen LogP contribution in [-0.4, -0.2) is 63.7 Å². The number of likely N-dealkylation sites (tertiary alicyclic amines) is 1. The van der Waals surface area contributed by atoms with E-state index in [4.69, 9.17) is 5.73 Å². The van der Waals surface area contributed by atoms with Crippen LogP contribution in [0.25, 0.3) is 0 Å². The molecule has 9 heteroatoms. The maximum Gasteiger partial charge on any atom is 0.351 e. The van der Waals surface area contributed by atoms with E-state index in [1.807, 2.05) is 0 Å². The zero-order valence-corrected chi connectivity index (χ0v) is 16.4. The number of primary amides is 1. The molecule has 0 spiro atoms. The van der Waals surface area contributed by atoms with Crippen molar-refractivity contribution in [3.05, 3.63) is 23.8 Å². The highest BCUT2D eigenvalue weighted by Gasteiger charge is 2.33. The van der Waals surface area contributed by atoms with Crippen LogP contribution in [0, 0.1) is 5.92 Å². The van der Waals surface area contributed by atoms with E-state index in [1.54, 1.807) is 23.1 Å². The summed E-state index contributed by atoms with van der Waals surface area (Å²) in [5.74, 6) is -0.907. The van der Waals surface area contributed by atoms with Crippen molar-refractivity contribution >= 4 is 45.4 Å². The molecule has 27 heavy (non-hydrogen) atoms. The largest absolute Gasteiger partial charge is 0.369 e. The molecule has 0 radical (unpaired) electrons. The van der Waals surface area contributed by atoms with Crippen LogP contribution in [0.15, 0.2) is 28.8 Å². The number of urea groups is 1. The van der Waals surface area contributed by atoms with Crippen LogP contribution < -0.4 is 5.73 Å². The average molecular weight is 437 g/mol. The SMILES string of the molecule is NC(=O)C1CCN(C(=O)CCCN2C(=O)N=C3C=CC(Br)C=C3C2=O)CC1. The van der Waals surface area contributed by atoms with Crippen LogP contribution in [0.4, 0.5) is 4.79 Å². The lowest BCUT2D eigenvalue weighted by Crippen LogP contribution is -2.44. The number of alkyl halides is 1. The molecular weight excluding hydrogens is 416 g/mol. The third-order valence-corrected chi connectivity index (χ3v) is 5.55. The number of hydrogen-bond donors (Lipinski definition) is 1. The molecule has 3 aliphatic rings. The normalized spacial score (nSPS) is 23.1. The zero-order chi connectivity index (χ0) is 19.6. The Labute approximate surface area is 165 Å². The summed E-state index contributed by atoms with van der Waals surface area (Å²) in [4.78, 5) is 54.9. The molecule has 8 nitrogen and oxygen atoms in total. The Hall–Kier alpha value is -2.29. The van der Waals surface area contributed by atoms with E-state index in [0.717, 1.165) is 4.90 Å². The van der Waals surface area contributed by atoms with Crippen LogP contribution in [0.1, 0.15) is 25.7 Å². The van der Waals surface area contributed by atoms with E-state index in [0.29, 0.717) is 43.6 Å². The van der Waals surface area contributed by atoms with Gasteiger partial charge in [-0.2, -0.15) is 4.99 Å². The molecule has 0 aromatic carbocycles. The average Bonchev–Trinajstić information content (AvgIpc) is 2.65. The number of hydrogen-bond acceptors (Lipinski definition) is 4. The number of imide groups is 1. The summed E-state index contributed by atoms with van der Waals surface area (Å²) in [6.45, 7) is 1.16. The number of rotatable bonds is 5. The summed E-state index contributed by atoms with van der Waals surface area (Å²) in [5, 5.41) is 0. The first-order valence-electron chi connectivity index (χ1n) is 8.93. The second-order valence-corrected chi connectivity index (χ2v) is 7.84. The minimum atomic E-state index is -0.598. The van der Waals surface area contributed by atoms with Crippen molar-refractivity contribution in [2.24, 2.45) is 16.6 Å². The van der Waals surface area contributed by atoms with Gasteiger partial charge in [0.25, 0.3) is 5.91 Å². The number of allylic oxidation sites excluding steroid dienone is 3. The minimum absolute atomic E-state index is 0.0423. The minimum Gasteiger partial charge on any atom is -0.369 e. The van der Waals surface area contributed by atoms with Gasteiger partial charge in [-0.15, -0.1) is 0 Å². The van der Waals surface area contributed by atoms with E-state index >= 15 is 0 Å². The summed E-state index contributed by atoms with van der Waals surface area (Å²) in [6.07, 6.45) is 6.94. The molecule has 0 aromatic heterocycles. The molecule has 1 atom stereocenters. The van der Waals surface area contributed by atoms with Gasteiger partial charge in [0.05, 0.1) is 16.1 Å². The first-order valence-corrected chi connectivity index (χ1v) is 9.84. The van der Waals surface area contributed by atoms with Gasteiger partial charge < -0.3 is 10.6 Å². The summed E-state index contributed by atoms with van der Waals surface area (Å²) in [7, 11) is 0. The Morgan fingerprint density at radius 2 is 1.96 bits per heavy atom. The second kappa shape index (κ2) is 8.16. The van der Waals surface area contributed by atoms with Crippen molar-refractivity contribution in [2.45, 2.75) is 30.5 Å². The molecule has 1 unspecified atom stereocenters. The molecule has 2 aliphatic heterocycles. The Kier molecular flexibility index (Phi) is 5.88. The standard InChI is InChI=1S/C18H21BrN4O4/c19-12-3-4-14-13(10-12)17(26)23(18(27)21-14)7-1-2-15(24)22-8-5-11(6-9-22)16(20)25/h3-4,10-12H,1-2,5-9H2,(H2,20,25). The quantitative estimate of drug-likeness (QED) is 0.651. The van der Waals surface area contributed by atoms with E-state index < -0.39 is 6.03 Å². The molecule has 1 fully saturated rings. The molecule has 5 amide bonds. The van der Waals surface area contributed by atoms with Crippen LogP contribution >= 0.6 is 15.9 Å². The summed E-state index contributed by atoms with van der Waals surface area (Å²) < 4.78 is 0. The third-order valence-electron chi connectivity index (χ3n) is 4.98. The number of piperidine rings is 1. The Morgan fingerprint density at radius 1 is 1.26 bits per heavy atom. The number of aliphatic imine (C=N–C) groups is 1. The number of nitrogens with zero attached hydrogens (tertiary/aromatic N) is 3. The highest BCUT2D eigenvalue weighted by atomic mass is 79.9. The molecule has 2 heterocycles. The van der Waals surface area contributed by atoms with Gasteiger partial charge in [-0.05, 0) is 25.3 Å². The maximum absolute atomic E-state index is 12.6. The molecule has 144 valence electrons. The van der Waals surface area contributed by atoms with Crippen molar-refractivity contribution < 1.29 is 19.2 Å². The number of amides is 5. The molecule has 2 N–H and O–H groups in total. The highest BCUT2D eigenvalue weighted by Crippen LogP contribution is 2.22. The summed E-state index contributed by atoms with van der Waals surface area (Å²) >= 11 is 3.39. The first-order chi connectivity index (χ1) is 12.9. The fourth-order valence-corrected chi connectivity index (χ4v) is 3.82. The maximum atomic E-state index is 12.6. The number of nitrogens with two attached hydrogens (primary N) is 1. The van der Waals surface area contributed by atoms with Crippen molar-refractivity contribution in [3.63, 3.8) is 0 Å². The van der Waals surface area contributed by atoms with E-state index in [1.165, 1.54) is 0 Å². The molecule has 1 saturated heterocycles. The first kappa shape index (κ1) is 19.5. The number of carbonyl (C=O) groups excluding carboxylic acids is 4.